The van der Waals surface area contributed by atoms with Gasteiger partial charge in [0.1, 0.15) is 0 Å². The first kappa shape index (κ1) is 30.8. The van der Waals surface area contributed by atoms with Gasteiger partial charge < -0.3 is 9.47 Å². The van der Waals surface area contributed by atoms with E-state index in [0.717, 1.165) is 29.4 Å². The lowest BCUT2D eigenvalue weighted by Crippen LogP contribution is -2.41. The van der Waals surface area contributed by atoms with Crippen molar-refractivity contribution < 1.29 is 9.47 Å². The van der Waals surface area contributed by atoms with Crippen LogP contribution in [0, 0.1) is 55.4 Å². The van der Waals surface area contributed by atoms with Crippen LogP contribution in [0.3, 0.4) is 0 Å². The number of benzene rings is 4. The van der Waals surface area contributed by atoms with Crippen molar-refractivity contribution in [1.82, 2.24) is 0 Å². The molecule has 2 heterocycles. The van der Waals surface area contributed by atoms with Crippen molar-refractivity contribution in [3.8, 4) is 0 Å². The molecular weight excluding hydrogens is 754 g/mol. The van der Waals surface area contributed by atoms with Gasteiger partial charge in [-0.1, -0.05) is 95.1 Å². The molecule has 0 fully saturated rings. The van der Waals surface area contributed by atoms with Crippen LogP contribution >= 0.6 is 45.2 Å². The maximum absolute atomic E-state index is 7.52. The van der Waals surface area contributed by atoms with Crippen LogP contribution in [-0.2, 0) is 20.7 Å². The van der Waals surface area contributed by atoms with Crippen molar-refractivity contribution in [2.24, 2.45) is 0 Å². The summed E-state index contributed by atoms with van der Waals surface area (Å²) in [5.74, 6) is -1.07. The van der Waals surface area contributed by atoms with Gasteiger partial charge >= 0.3 is 0 Å². The van der Waals surface area contributed by atoms with Crippen molar-refractivity contribution in [1.29, 1.82) is 0 Å². The third-order valence-corrected chi connectivity index (χ3v) is 11.1. The average molecular weight is 793 g/mol. The first-order valence-electron chi connectivity index (χ1n) is 14.8. The zero-order valence-corrected chi connectivity index (χ0v) is 30.5. The Balaban J connectivity index is 1.60. The summed E-state index contributed by atoms with van der Waals surface area (Å²) in [6.07, 6.45) is 4.42. The van der Waals surface area contributed by atoms with Gasteiger partial charge in [0, 0.05) is 7.16 Å². The quantitative estimate of drug-likeness (QED) is 0.192. The second-order valence-electron chi connectivity index (χ2n) is 12.5. The fourth-order valence-corrected chi connectivity index (χ4v) is 9.42. The van der Waals surface area contributed by atoms with Crippen LogP contribution in [0.5, 0.6) is 0 Å². The van der Waals surface area contributed by atoms with Crippen LogP contribution in [0.1, 0.15) is 66.8 Å². The predicted octanol–water partition coefficient (Wildman–Crippen LogP) is 10.7. The molecular formula is C39H38I2O2. The highest BCUT2D eigenvalue weighted by Crippen LogP contribution is 2.61. The molecule has 0 atom stereocenters. The van der Waals surface area contributed by atoms with Crippen molar-refractivity contribution >= 4 is 45.2 Å². The Hall–Kier alpha value is -2.26. The Bertz CT molecular complexity index is 1610. The minimum atomic E-state index is -1.07. The number of rotatable bonds is 4. The standard InChI is InChI=1S/C39H38I2O2/c1-23-9-13-31(27(5)17-23)38(32-14-10-24(2)18-28(32)6)35(40)21-37(42-38)22-36(41)39(43-37,33-15-11-25(3)19-29(33)7)34-16-12-26(4)20-30(34)8/h9-22H,1-8H3. The van der Waals surface area contributed by atoms with Gasteiger partial charge in [0.25, 0.3) is 0 Å². The van der Waals surface area contributed by atoms with E-state index >= 15 is 0 Å². The lowest BCUT2D eigenvalue weighted by atomic mass is 9.81. The summed E-state index contributed by atoms with van der Waals surface area (Å²) in [5.41, 5.74) is 12.7. The van der Waals surface area contributed by atoms with Gasteiger partial charge in [0.2, 0.25) is 5.79 Å². The van der Waals surface area contributed by atoms with E-state index in [2.05, 4.69) is 186 Å². The molecule has 4 aromatic rings. The molecule has 0 aliphatic carbocycles. The maximum Gasteiger partial charge on any atom is 0.213 e. The highest BCUT2D eigenvalue weighted by Gasteiger charge is 2.60. The zero-order chi connectivity index (χ0) is 30.9. The largest absolute Gasteiger partial charge is 0.321 e. The number of aryl methyl sites for hydroxylation is 8. The van der Waals surface area contributed by atoms with Crippen LogP contribution in [0.2, 0.25) is 0 Å². The van der Waals surface area contributed by atoms with Gasteiger partial charge in [-0.25, -0.2) is 0 Å². The molecule has 0 bridgehead atoms. The maximum atomic E-state index is 7.52. The molecule has 43 heavy (non-hydrogen) atoms. The Labute approximate surface area is 283 Å². The van der Waals surface area contributed by atoms with Crippen molar-refractivity contribution in [2.75, 3.05) is 0 Å². The summed E-state index contributed by atoms with van der Waals surface area (Å²) in [5, 5.41) is 0. The molecule has 2 aliphatic heterocycles. The van der Waals surface area contributed by atoms with E-state index in [4.69, 9.17) is 9.47 Å². The number of ether oxygens (including phenoxy) is 2. The number of hydrogen-bond donors (Lipinski definition) is 0. The Morgan fingerprint density at radius 2 is 0.674 bits per heavy atom. The molecule has 6 rings (SSSR count). The van der Waals surface area contributed by atoms with Crippen LogP contribution < -0.4 is 0 Å². The molecule has 0 saturated heterocycles. The molecule has 0 amide bonds. The van der Waals surface area contributed by atoms with Crippen molar-refractivity contribution in [3.63, 3.8) is 0 Å². The second-order valence-corrected chi connectivity index (χ2v) is 14.9. The van der Waals surface area contributed by atoms with Gasteiger partial charge in [-0.2, -0.15) is 0 Å². The minimum Gasteiger partial charge on any atom is -0.321 e. The number of hydrogen-bond acceptors (Lipinski definition) is 2. The summed E-state index contributed by atoms with van der Waals surface area (Å²) in [6.45, 7) is 17.3. The third-order valence-electron chi connectivity index (χ3n) is 9.00. The molecule has 1 spiro atoms. The molecule has 2 nitrogen and oxygen atoms in total. The molecule has 2 aliphatic rings. The molecule has 4 heteroatoms. The smallest absolute Gasteiger partial charge is 0.213 e. The van der Waals surface area contributed by atoms with E-state index in [1.165, 1.54) is 44.5 Å². The zero-order valence-electron chi connectivity index (χ0n) is 26.2. The van der Waals surface area contributed by atoms with E-state index in [9.17, 15) is 0 Å². The fourth-order valence-electron chi connectivity index (χ4n) is 7.17. The fraction of sp³-hybridized carbons (Fsp3) is 0.282. The first-order chi connectivity index (χ1) is 20.3. The molecule has 0 aromatic heterocycles. The average Bonchev–Trinajstić information content (AvgIpc) is 3.35. The van der Waals surface area contributed by atoms with Gasteiger partial charge in [-0.05, 0) is 157 Å². The van der Waals surface area contributed by atoms with Crippen molar-refractivity contribution in [2.45, 2.75) is 72.4 Å². The normalized spacial score (nSPS) is 18.2. The van der Waals surface area contributed by atoms with E-state index in [1.807, 2.05) is 0 Å². The summed E-state index contributed by atoms with van der Waals surface area (Å²) in [6, 6.07) is 26.7. The molecule has 4 aromatic carbocycles. The molecule has 0 radical (unpaired) electrons. The van der Waals surface area contributed by atoms with Gasteiger partial charge in [-0.15, -0.1) is 0 Å². The minimum absolute atomic E-state index is 0.815. The predicted molar refractivity (Wildman–Crippen MR) is 194 cm³/mol. The molecule has 220 valence electrons. The van der Waals surface area contributed by atoms with Crippen molar-refractivity contribution in [3.05, 3.63) is 159 Å². The number of halogens is 2. The van der Waals surface area contributed by atoms with E-state index < -0.39 is 17.0 Å². The van der Waals surface area contributed by atoms with E-state index in [-0.39, 0.29) is 0 Å². The second kappa shape index (κ2) is 11.0. The summed E-state index contributed by atoms with van der Waals surface area (Å²) >= 11 is 5.00. The van der Waals surface area contributed by atoms with Gasteiger partial charge in [0.05, 0.1) is 0 Å². The van der Waals surface area contributed by atoms with Crippen LogP contribution in [0.25, 0.3) is 0 Å². The summed E-state index contributed by atoms with van der Waals surface area (Å²) < 4.78 is 17.2. The summed E-state index contributed by atoms with van der Waals surface area (Å²) in [7, 11) is 0. The van der Waals surface area contributed by atoms with Gasteiger partial charge in [-0.3, -0.25) is 0 Å². The molecule has 0 N–H and O–H groups in total. The molecule has 0 unspecified atom stereocenters. The molecule has 0 saturated carbocycles. The third kappa shape index (κ3) is 4.88. The topological polar surface area (TPSA) is 18.5 Å². The Morgan fingerprint density at radius 1 is 0.419 bits per heavy atom. The SMILES string of the molecule is Cc1ccc(C2(c3ccc(C)cc3C)OC3(C=C2I)C=C(I)C(c2ccc(C)cc2C)(c2ccc(C)cc2C)O3)c(C)c1. The van der Waals surface area contributed by atoms with E-state index in [1.54, 1.807) is 0 Å². The van der Waals surface area contributed by atoms with Crippen LogP contribution in [0.4, 0.5) is 0 Å². The van der Waals surface area contributed by atoms with Crippen LogP contribution in [-0.4, -0.2) is 5.79 Å². The van der Waals surface area contributed by atoms with E-state index in [0.29, 0.717) is 0 Å². The monoisotopic (exact) mass is 792 g/mol. The lowest BCUT2D eigenvalue weighted by Gasteiger charge is -2.40. The lowest BCUT2D eigenvalue weighted by molar-refractivity contribution is -0.224. The highest BCUT2D eigenvalue weighted by atomic mass is 127. The summed E-state index contributed by atoms with van der Waals surface area (Å²) in [4.78, 5) is 0. The Morgan fingerprint density at radius 3 is 0.907 bits per heavy atom. The highest BCUT2D eigenvalue weighted by molar-refractivity contribution is 14.1. The van der Waals surface area contributed by atoms with Crippen LogP contribution in [0.15, 0.2) is 92.1 Å². The first-order valence-corrected chi connectivity index (χ1v) is 17.0. The van der Waals surface area contributed by atoms with Gasteiger partial charge in [0.15, 0.2) is 11.2 Å². The Kier molecular flexibility index (Phi) is 7.84.